The molecule has 0 bridgehead atoms. The molecule has 0 aliphatic heterocycles. The molecule has 35 heavy (non-hydrogen) atoms. The van der Waals surface area contributed by atoms with Crippen LogP contribution in [0.2, 0.25) is 5.02 Å². The van der Waals surface area contributed by atoms with Crippen molar-refractivity contribution >= 4 is 39.5 Å². The Morgan fingerprint density at radius 1 is 1.17 bits per heavy atom. The van der Waals surface area contributed by atoms with Crippen molar-refractivity contribution in [2.75, 3.05) is 7.05 Å². The summed E-state index contributed by atoms with van der Waals surface area (Å²) in [7, 11) is -2.11. The van der Waals surface area contributed by atoms with Gasteiger partial charge in [-0.25, -0.2) is 18.5 Å². The second-order valence-electron chi connectivity index (χ2n) is 7.62. The molecule has 2 rings (SSSR count). The van der Waals surface area contributed by atoms with Crippen molar-refractivity contribution in [1.82, 2.24) is 18.2 Å². The Bertz CT molecular complexity index is 1370. The van der Waals surface area contributed by atoms with Crippen LogP contribution in [-0.4, -0.2) is 46.1 Å². The molecular weight excluding hydrogens is 540 g/mol. The van der Waals surface area contributed by atoms with Crippen LogP contribution < -0.4 is 16.0 Å². The minimum absolute atomic E-state index is 0.0332. The number of alkyl halides is 3. The van der Waals surface area contributed by atoms with Gasteiger partial charge in [-0.3, -0.25) is 14.2 Å². The highest BCUT2D eigenvalue weighted by Crippen LogP contribution is 2.34. The third-order valence-electron chi connectivity index (χ3n) is 4.86. The molecule has 0 fully saturated rings. The maximum Gasteiger partial charge on any atom is 0.431 e. The monoisotopic (exact) mass is 560 g/mol. The molecule has 0 spiro atoms. The smallest absolute Gasteiger partial charge is 0.292 e. The van der Waals surface area contributed by atoms with Gasteiger partial charge in [-0.15, -0.1) is 11.8 Å². The molecule has 1 aromatic heterocycles. The molecule has 1 aromatic carbocycles. The number of thioether (sulfide) groups is 1. The summed E-state index contributed by atoms with van der Waals surface area (Å²) in [6.07, 6.45) is -5.00. The van der Waals surface area contributed by atoms with Crippen molar-refractivity contribution < 1.29 is 30.8 Å². The van der Waals surface area contributed by atoms with Crippen molar-refractivity contribution in [1.29, 1.82) is 0 Å². The number of halogens is 5. The third-order valence-corrected chi connectivity index (χ3v) is 8.08. The fourth-order valence-electron chi connectivity index (χ4n) is 2.70. The lowest BCUT2D eigenvalue weighted by atomic mass is 10.3. The van der Waals surface area contributed by atoms with Crippen LogP contribution in [0.5, 0.6) is 0 Å². The second kappa shape index (κ2) is 10.3. The molecule has 1 amide bonds. The minimum atomic E-state index is -5.00. The van der Waals surface area contributed by atoms with Gasteiger partial charge in [0.2, 0.25) is 5.91 Å². The summed E-state index contributed by atoms with van der Waals surface area (Å²) in [6, 6.07) is 1.34. The van der Waals surface area contributed by atoms with Crippen LogP contribution in [0.1, 0.15) is 26.5 Å². The average molecular weight is 561 g/mol. The summed E-state index contributed by atoms with van der Waals surface area (Å²) < 4.78 is 81.5. The molecule has 1 unspecified atom stereocenters. The Hall–Kier alpha value is -2.36. The fourth-order valence-corrected chi connectivity index (χ4v) is 5.09. The van der Waals surface area contributed by atoms with E-state index in [1.807, 2.05) is 4.72 Å². The summed E-state index contributed by atoms with van der Waals surface area (Å²) >= 11 is 6.70. The summed E-state index contributed by atoms with van der Waals surface area (Å²) in [5.74, 6) is -2.12. The summed E-state index contributed by atoms with van der Waals surface area (Å²) in [6.45, 7) is 4.51. The molecule has 9 nitrogen and oxygen atoms in total. The molecule has 0 aliphatic carbocycles. The number of rotatable bonds is 7. The zero-order valence-electron chi connectivity index (χ0n) is 19.0. The molecule has 2 aromatic rings. The lowest BCUT2D eigenvalue weighted by molar-refractivity contribution is -0.144. The van der Waals surface area contributed by atoms with Gasteiger partial charge >= 0.3 is 22.1 Å². The van der Waals surface area contributed by atoms with Crippen LogP contribution in [-0.2, 0) is 28.2 Å². The maximum absolute atomic E-state index is 14.6. The summed E-state index contributed by atoms with van der Waals surface area (Å²) in [5, 5.41) is -1.34. The number of nitrogens with one attached hydrogen (secondary N) is 1. The molecule has 1 N–H and O–H groups in total. The van der Waals surface area contributed by atoms with E-state index in [4.69, 9.17) is 11.6 Å². The normalized spacial score (nSPS) is 13.4. The molecule has 1 heterocycles. The SMILES string of the molecule is CC(Sc1cc(-n2c(=O)cc(C(F)(F)F)n(C)c2=O)c(F)cc1Cl)C(=O)NS(=O)(=O)N(C)C(C)C. The van der Waals surface area contributed by atoms with Gasteiger partial charge in [-0.2, -0.15) is 25.9 Å². The van der Waals surface area contributed by atoms with E-state index in [1.54, 1.807) is 13.8 Å². The number of aromatic nitrogens is 2. The van der Waals surface area contributed by atoms with Crippen LogP contribution in [0, 0.1) is 5.82 Å². The number of amides is 1. The number of hydrogen-bond donors (Lipinski definition) is 1. The quantitative estimate of drug-likeness (QED) is 0.412. The Kier molecular flexibility index (Phi) is 8.52. The van der Waals surface area contributed by atoms with E-state index in [-0.39, 0.29) is 25.1 Å². The van der Waals surface area contributed by atoms with E-state index >= 15 is 0 Å². The van der Waals surface area contributed by atoms with E-state index < -0.39 is 62.0 Å². The maximum atomic E-state index is 14.6. The van der Waals surface area contributed by atoms with Crippen molar-refractivity contribution in [2.45, 2.75) is 43.1 Å². The van der Waals surface area contributed by atoms with Crippen molar-refractivity contribution in [3.8, 4) is 5.69 Å². The lowest BCUT2D eigenvalue weighted by Crippen LogP contribution is -2.46. The largest absolute Gasteiger partial charge is 0.431 e. The average Bonchev–Trinajstić information content (AvgIpc) is 2.71. The molecule has 0 aliphatic rings. The summed E-state index contributed by atoms with van der Waals surface area (Å²) in [4.78, 5) is 37.2. The molecule has 1 atom stereocenters. The lowest BCUT2D eigenvalue weighted by Gasteiger charge is -2.22. The zero-order valence-corrected chi connectivity index (χ0v) is 21.4. The Labute approximate surface area is 206 Å². The highest BCUT2D eigenvalue weighted by molar-refractivity contribution is 8.00. The predicted molar refractivity (Wildman–Crippen MR) is 123 cm³/mol. The van der Waals surface area contributed by atoms with E-state index in [0.717, 1.165) is 23.5 Å². The number of carbonyl (C=O) groups excluding carboxylic acids is 1. The standard InChI is InChI=1S/C19H21ClF4N4O5S2/c1-9(2)27(5)35(32,33)25-17(30)10(3)34-14-7-13(12(21)6-11(14)20)28-16(29)8-15(19(22,23)24)26(4)18(28)31/h6-10H,1-5H3,(H,25,30). The molecule has 0 saturated heterocycles. The Morgan fingerprint density at radius 2 is 1.74 bits per heavy atom. The van der Waals surface area contributed by atoms with Crippen LogP contribution in [0.3, 0.4) is 0 Å². The Balaban J connectivity index is 2.48. The van der Waals surface area contributed by atoms with Gasteiger partial charge < -0.3 is 0 Å². The molecule has 0 saturated carbocycles. The van der Waals surface area contributed by atoms with E-state index in [2.05, 4.69) is 0 Å². The topological polar surface area (TPSA) is 110 Å². The van der Waals surface area contributed by atoms with Gasteiger partial charge in [-0.1, -0.05) is 11.6 Å². The van der Waals surface area contributed by atoms with E-state index in [0.29, 0.717) is 11.8 Å². The minimum Gasteiger partial charge on any atom is -0.292 e. The number of nitrogens with zero attached hydrogens (tertiary/aromatic N) is 3. The van der Waals surface area contributed by atoms with Crippen molar-refractivity contribution in [2.24, 2.45) is 7.05 Å². The number of carbonyl (C=O) groups is 1. The number of benzene rings is 1. The summed E-state index contributed by atoms with van der Waals surface area (Å²) in [5.41, 5.74) is -5.12. The molecular formula is C19H21ClF4N4O5S2. The predicted octanol–water partition coefficient (Wildman–Crippen LogP) is 2.53. The van der Waals surface area contributed by atoms with E-state index in [9.17, 15) is 40.4 Å². The van der Waals surface area contributed by atoms with Crippen molar-refractivity contribution in [3.05, 3.63) is 55.6 Å². The van der Waals surface area contributed by atoms with Gasteiger partial charge in [-0.05, 0) is 32.9 Å². The first-order valence-corrected chi connectivity index (χ1v) is 12.4. The van der Waals surface area contributed by atoms with Crippen LogP contribution >= 0.6 is 23.4 Å². The molecule has 16 heteroatoms. The van der Waals surface area contributed by atoms with Crippen LogP contribution in [0.25, 0.3) is 5.69 Å². The van der Waals surface area contributed by atoms with Gasteiger partial charge in [0.25, 0.3) is 5.56 Å². The molecule has 194 valence electrons. The van der Waals surface area contributed by atoms with E-state index in [1.165, 1.54) is 14.0 Å². The Morgan fingerprint density at radius 3 is 2.26 bits per heavy atom. The number of hydrogen-bond acceptors (Lipinski definition) is 6. The van der Waals surface area contributed by atoms with Gasteiger partial charge in [0.05, 0.1) is 16.0 Å². The van der Waals surface area contributed by atoms with Gasteiger partial charge in [0.1, 0.15) is 11.5 Å². The highest BCUT2D eigenvalue weighted by atomic mass is 35.5. The first-order valence-electron chi connectivity index (χ1n) is 9.74. The second-order valence-corrected chi connectivity index (χ2v) is 11.1. The molecule has 0 radical (unpaired) electrons. The van der Waals surface area contributed by atoms with Gasteiger partial charge in [0.15, 0.2) is 0 Å². The van der Waals surface area contributed by atoms with Crippen LogP contribution in [0.15, 0.2) is 32.7 Å². The van der Waals surface area contributed by atoms with Crippen molar-refractivity contribution in [3.63, 3.8) is 0 Å². The highest BCUT2D eigenvalue weighted by Gasteiger charge is 2.35. The van der Waals surface area contributed by atoms with Gasteiger partial charge in [0, 0.05) is 31.1 Å². The third kappa shape index (κ3) is 6.26. The zero-order chi connectivity index (χ0) is 27.0. The fraction of sp³-hybridized carbons (Fsp3) is 0.421. The van der Waals surface area contributed by atoms with Crippen LogP contribution in [0.4, 0.5) is 17.6 Å². The first-order chi connectivity index (χ1) is 15.9. The first kappa shape index (κ1) is 28.9.